The van der Waals surface area contributed by atoms with Crippen LogP contribution in [0.15, 0.2) is 48.8 Å². The topological polar surface area (TPSA) is 104 Å². The molecule has 28 heavy (non-hydrogen) atoms. The van der Waals surface area contributed by atoms with Crippen LogP contribution in [0.3, 0.4) is 0 Å². The van der Waals surface area contributed by atoms with Crippen LogP contribution in [0.5, 0.6) is 17.2 Å². The number of benzene rings is 2. The van der Waals surface area contributed by atoms with Crippen LogP contribution in [0.25, 0.3) is 0 Å². The summed E-state index contributed by atoms with van der Waals surface area (Å²) >= 11 is 0. The highest BCUT2D eigenvalue weighted by molar-refractivity contribution is 5.81. The fourth-order valence-electron chi connectivity index (χ4n) is 2.83. The first-order chi connectivity index (χ1) is 13.7. The maximum absolute atomic E-state index is 6.29. The van der Waals surface area contributed by atoms with E-state index in [4.69, 9.17) is 19.9 Å². The summed E-state index contributed by atoms with van der Waals surface area (Å²) in [5.74, 6) is 3.12. The molecular formula is C20H21N5O3. The van der Waals surface area contributed by atoms with Gasteiger partial charge in [-0.25, -0.2) is 9.97 Å². The van der Waals surface area contributed by atoms with E-state index in [0.29, 0.717) is 42.9 Å². The molecule has 1 aliphatic heterocycles. The number of anilines is 5. The molecule has 3 aromatic rings. The fraction of sp³-hybridized carbons (Fsp3) is 0.200. The summed E-state index contributed by atoms with van der Waals surface area (Å²) in [7, 11) is 0. The summed E-state index contributed by atoms with van der Waals surface area (Å²) in [5.41, 5.74) is 8.25. The molecule has 0 radical (unpaired) electrons. The first kappa shape index (κ1) is 17.7. The molecule has 4 N–H and O–H groups in total. The van der Waals surface area contributed by atoms with Crippen molar-refractivity contribution in [3.05, 3.63) is 48.8 Å². The standard InChI is InChI=1S/C20H21N5O3/c1-2-26-15-6-4-3-5-14(15)25-20-18(21)19(22-12-23-20)24-13-7-8-16-17(11-13)28-10-9-27-16/h3-8,11-12H,2,9-10,21H2,1H3,(H2,22,23,24,25). The Hall–Kier alpha value is -3.68. The van der Waals surface area contributed by atoms with Crippen molar-refractivity contribution in [1.82, 2.24) is 9.97 Å². The minimum atomic E-state index is 0.392. The molecule has 0 bridgehead atoms. The van der Waals surface area contributed by atoms with Gasteiger partial charge in [-0.05, 0) is 31.2 Å². The molecule has 0 saturated carbocycles. The van der Waals surface area contributed by atoms with Gasteiger partial charge in [-0.15, -0.1) is 0 Å². The zero-order valence-corrected chi connectivity index (χ0v) is 15.4. The number of fused-ring (bicyclic) bond motifs is 1. The van der Waals surface area contributed by atoms with E-state index in [1.807, 2.05) is 49.4 Å². The third kappa shape index (κ3) is 3.71. The van der Waals surface area contributed by atoms with Crippen LogP contribution in [0.4, 0.5) is 28.7 Å². The molecule has 0 unspecified atom stereocenters. The molecule has 2 heterocycles. The van der Waals surface area contributed by atoms with E-state index in [0.717, 1.165) is 22.9 Å². The van der Waals surface area contributed by atoms with Crippen molar-refractivity contribution in [3.63, 3.8) is 0 Å². The van der Waals surface area contributed by atoms with E-state index in [9.17, 15) is 0 Å². The predicted molar refractivity (Wildman–Crippen MR) is 108 cm³/mol. The lowest BCUT2D eigenvalue weighted by Crippen LogP contribution is -2.15. The number of ether oxygens (including phenoxy) is 3. The van der Waals surface area contributed by atoms with Crippen LogP contribution in [-0.4, -0.2) is 29.8 Å². The third-order valence-electron chi connectivity index (χ3n) is 4.13. The van der Waals surface area contributed by atoms with Gasteiger partial charge in [0, 0.05) is 11.8 Å². The Morgan fingerprint density at radius 1 is 1.00 bits per heavy atom. The van der Waals surface area contributed by atoms with Gasteiger partial charge in [0.15, 0.2) is 23.1 Å². The monoisotopic (exact) mass is 379 g/mol. The Labute approximate surface area is 162 Å². The molecule has 0 amide bonds. The Bertz CT molecular complexity index is 980. The molecule has 8 heteroatoms. The zero-order chi connectivity index (χ0) is 19.3. The smallest absolute Gasteiger partial charge is 0.163 e. The molecule has 144 valence electrons. The van der Waals surface area contributed by atoms with Crippen LogP contribution in [-0.2, 0) is 0 Å². The number of aromatic nitrogens is 2. The Morgan fingerprint density at radius 2 is 1.75 bits per heavy atom. The van der Waals surface area contributed by atoms with Crippen molar-refractivity contribution in [2.75, 3.05) is 36.2 Å². The zero-order valence-electron chi connectivity index (χ0n) is 15.4. The van der Waals surface area contributed by atoms with Gasteiger partial charge in [-0.2, -0.15) is 0 Å². The minimum absolute atomic E-state index is 0.392. The van der Waals surface area contributed by atoms with Crippen molar-refractivity contribution in [3.8, 4) is 17.2 Å². The summed E-state index contributed by atoms with van der Waals surface area (Å²) in [6.45, 7) is 3.58. The van der Waals surface area contributed by atoms with Gasteiger partial charge in [0.05, 0.1) is 12.3 Å². The molecule has 4 rings (SSSR count). The third-order valence-corrected chi connectivity index (χ3v) is 4.13. The second-order valence-electron chi connectivity index (χ2n) is 6.02. The molecule has 0 aliphatic carbocycles. The second kappa shape index (κ2) is 7.91. The Morgan fingerprint density at radius 3 is 2.57 bits per heavy atom. The van der Waals surface area contributed by atoms with Crippen LogP contribution in [0, 0.1) is 0 Å². The van der Waals surface area contributed by atoms with E-state index in [-0.39, 0.29) is 0 Å². The number of para-hydroxylation sites is 2. The van der Waals surface area contributed by atoms with Crippen LogP contribution >= 0.6 is 0 Å². The fourth-order valence-corrected chi connectivity index (χ4v) is 2.83. The number of hydrogen-bond acceptors (Lipinski definition) is 8. The summed E-state index contributed by atoms with van der Waals surface area (Å²) in [6.07, 6.45) is 1.45. The number of nitrogens with zero attached hydrogens (tertiary/aromatic N) is 2. The van der Waals surface area contributed by atoms with Crippen molar-refractivity contribution in [2.45, 2.75) is 6.92 Å². The van der Waals surface area contributed by atoms with Gasteiger partial charge in [0.25, 0.3) is 0 Å². The van der Waals surface area contributed by atoms with Gasteiger partial charge in [-0.3, -0.25) is 0 Å². The van der Waals surface area contributed by atoms with E-state index in [1.165, 1.54) is 6.33 Å². The number of hydrogen-bond donors (Lipinski definition) is 3. The predicted octanol–water partition coefficient (Wildman–Crippen LogP) is 3.72. The molecule has 2 aromatic carbocycles. The highest BCUT2D eigenvalue weighted by Crippen LogP contribution is 2.35. The molecule has 0 saturated heterocycles. The van der Waals surface area contributed by atoms with Crippen molar-refractivity contribution < 1.29 is 14.2 Å². The minimum Gasteiger partial charge on any atom is -0.492 e. The van der Waals surface area contributed by atoms with E-state index >= 15 is 0 Å². The lowest BCUT2D eigenvalue weighted by Gasteiger charge is -2.19. The van der Waals surface area contributed by atoms with Gasteiger partial charge >= 0.3 is 0 Å². The summed E-state index contributed by atoms with van der Waals surface area (Å²) in [5, 5.41) is 6.42. The van der Waals surface area contributed by atoms with Gasteiger partial charge in [0.1, 0.15) is 31.0 Å². The van der Waals surface area contributed by atoms with E-state index in [2.05, 4.69) is 20.6 Å². The van der Waals surface area contributed by atoms with Crippen molar-refractivity contribution in [2.24, 2.45) is 0 Å². The number of rotatable bonds is 6. The van der Waals surface area contributed by atoms with Crippen molar-refractivity contribution in [1.29, 1.82) is 0 Å². The average molecular weight is 379 g/mol. The molecule has 8 nitrogen and oxygen atoms in total. The maximum Gasteiger partial charge on any atom is 0.163 e. The second-order valence-corrected chi connectivity index (χ2v) is 6.02. The largest absolute Gasteiger partial charge is 0.492 e. The molecule has 0 atom stereocenters. The average Bonchev–Trinajstić information content (AvgIpc) is 2.72. The Balaban J connectivity index is 1.57. The molecule has 1 aliphatic rings. The number of nitrogens with one attached hydrogen (secondary N) is 2. The molecular weight excluding hydrogens is 358 g/mol. The summed E-state index contributed by atoms with van der Waals surface area (Å²) in [4.78, 5) is 8.52. The van der Waals surface area contributed by atoms with Gasteiger partial charge in [-0.1, -0.05) is 12.1 Å². The maximum atomic E-state index is 6.29. The van der Waals surface area contributed by atoms with E-state index < -0.39 is 0 Å². The van der Waals surface area contributed by atoms with Gasteiger partial charge in [0.2, 0.25) is 0 Å². The van der Waals surface area contributed by atoms with E-state index in [1.54, 1.807) is 0 Å². The SMILES string of the molecule is CCOc1ccccc1Nc1ncnc(Nc2ccc3c(c2)OCCO3)c1N. The summed E-state index contributed by atoms with van der Waals surface area (Å²) in [6, 6.07) is 13.2. The van der Waals surface area contributed by atoms with Crippen LogP contribution < -0.4 is 30.6 Å². The first-order valence-electron chi connectivity index (χ1n) is 9.00. The lowest BCUT2D eigenvalue weighted by atomic mass is 10.2. The lowest BCUT2D eigenvalue weighted by molar-refractivity contribution is 0.171. The first-order valence-corrected chi connectivity index (χ1v) is 9.00. The van der Waals surface area contributed by atoms with Crippen LogP contribution in [0.2, 0.25) is 0 Å². The number of nitrogen functional groups attached to an aromatic ring is 1. The highest BCUT2D eigenvalue weighted by Gasteiger charge is 2.14. The normalized spacial score (nSPS) is 12.3. The van der Waals surface area contributed by atoms with Crippen molar-refractivity contribution >= 4 is 28.7 Å². The summed E-state index contributed by atoms with van der Waals surface area (Å²) < 4.78 is 16.8. The van der Waals surface area contributed by atoms with Crippen LogP contribution in [0.1, 0.15) is 6.92 Å². The highest BCUT2D eigenvalue weighted by atomic mass is 16.6. The van der Waals surface area contributed by atoms with Gasteiger partial charge < -0.3 is 30.6 Å². The molecule has 0 fully saturated rings. The Kier molecular flexibility index (Phi) is 5.01. The quantitative estimate of drug-likeness (QED) is 0.595. The molecule has 0 spiro atoms. The number of nitrogens with two attached hydrogens (primary N) is 1. The molecule has 1 aromatic heterocycles.